The molecule has 0 fully saturated rings. The Morgan fingerprint density at radius 2 is 1.89 bits per heavy atom. The highest BCUT2D eigenvalue weighted by Gasteiger charge is 1.79. The third-order valence-electron chi connectivity index (χ3n) is 1.25. The standard InChI is InChI=1S/C8H10.CH4/c1-2-8-6-4-3-5-7-8;/h3-7H,2H2,1H3;1H4/i;1D. The Bertz CT molecular complexity index is 146. The van der Waals surface area contributed by atoms with Crippen LogP contribution in [0.2, 0.25) is 0 Å². The Kier molecular flexibility index (Phi) is 2.91. The van der Waals surface area contributed by atoms with E-state index >= 15 is 0 Å². The Morgan fingerprint density at radius 1 is 1.33 bits per heavy atom. The summed E-state index contributed by atoms with van der Waals surface area (Å²) >= 11 is 0. The van der Waals surface area contributed by atoms with E-state index in [0.29, 0.717) is 0 Å². The second-order valence-electron chi connectivity index (χ2n) is 1.84. The van der Waals surface area contributed by atoms with Crippen LogP contribution in [0.1, 0.15) is 21.3 Å². The van der Waals surface area contributed by atoms with E-state index in [0.717, 1.165) is 6.42 Å². The zero-order chi connectivity index (χ0) is 7.82. The van der Waals surface area contributed by atoms with E-state index in [1.807, 2.05) is 6.07 Å². The molecule has 0 nitrogen and oxygen atoms in total. The number of hydrogen-bond donors (Lipinski definition) is 0. The van der Waals surface area contributed by atoms with Crippen LogP contribution in [0, 0.1) is 0 Å². The summed E-state index contributed by atoms with van der Waals surface area (Å²) in [5, 5.41) is 0. The molecule has 0 amide bonds. The van der Waals surface area contributed by atoms with Crippen molar-refractivity contribution in [3.63, 3.8) is 0 Å². The summed E-state index contributed by atoms with van der Waals surface area (Å²) in [6.45, 7) is 2.16. The largest absolute Gasteiger partial charge is 0.0776 e. The van der Waals surface area contributed by atoms with E-state index in [2.05, 4.69) is 31.2 Å². The smallest absolute Gasteiger partial charge is 0.0194 e. The van der Waals surface area contributed by atoms with Crippen LogP contribution in [0.3, 0.4) is 0 Å². The maximum atomic E-state index is 5.75. The third kappa shape index (κ3) is 2.31. The van der Waals surface area contributed by atoms with Gasteiger partial charge in [0.15, 0.2) is 0 Å². The molecule has 0 aliphatic carbocycles. The lowest BCUT2D eigenvalue weighted by molar-refractivity contribution is 1.14. The summed E-state index contributed by atoms with van der Waals surface area (Å²) < 4.78 is 5.75. The average Bonchev–Trinajstić information content (AvgIpc) is 2.10. The quantitative estimate of drug-likeness (QED) is 0.538. The SMILES string of the molecule is CCc1ccccc1.[2H]C. The van der Waals surface area contributed by atoms with Gasteiger partial charge in [0.1, 0.15) is 0 Å². The maximum absolute atomic E-state index is 5.75. The van der Waals surface area contributed by atoms with Crippen molar-refractivity contribution in [3.05, 3.63) is 35.9 Å². The highest BCUT2D eigenvalue weighted by Crippen LogP contribution is 1.96. The van der Waals surface area contributed by atoms with Gasteiger partial charge in [-0.25, -0.2) is 0 Å². The van der Waals surface area contributed by atoms with Gasteiger partial charge in [0.25, 0.3) is 0 Å². The van der Waals surface area contributed by atoms with Crippen LogP contribution >= 0.6 is 0 Å². The zero-order valence-corrected chi connectivity index (χ0v) is 6.09. The maximum Gasteiger partial charge on any atom is 0.0194 e. The summed E-state index contributed by atoms with van der Waals surface area (Å²) in [5.41, 5.74) is 1.41. The lowest BCUT2D eigenvalue weighted by Crippen LogP contribution is -1.73. The van der Waals surface area contributed by atoms with Gasteiger partial charge in [0, 0.05) is 1.37 Å². The van der Waals surface area contributed by atoms with E-state index in [-0.39, 0.29) is 0 Å². The summed E-state index contributed by atoms with van der Waals surface area (Å²) in [6, 6.07) is 10.5. The molecule has 0 bridgehead atoms. The first-order valence-electron chi connectivity index (χ1n) is 3.97. The van der Waals surface area contributed by atoms with Crippen LogP contribution < -0.4 is 0 Å². The molecule has 1 aromatic rings. The van der Waals surface area contributed by atoms with Gasteiger partial charge in [-0.05, 0) is 12.0 Å². The van der Waals surface area contributed by atoms with E-state index in [9.17, 15) is 0 Å². The predicted octanol–water partition coefficient (Wildman–Crippen LogP) is 2.89. The van der Waals surface area contributed by atoms with Crippen LogP contribution in [-0.2, 0) is 6.42 Å². The Labute approximate surface area is 58.9 Å². The minimum absolute atomic E-state index is 1.14. The van der Waals surface area contributed by atoms with Gasteiger partial charge in [-0.1, -0.05) is 44.7 Å². The fourth-order valence-electron chi connectivity index (χ4n) is 0.714. The molecule has 0 atom stereocenters. The highest BCUT2D eigenvalue weighted by atomic mass is 13.9. The Balaban J connectivity index is 0.000000371. The first kappa shape index (κ1) is 6.34. The van der Waals surface area contributed by atoms with Gasteiger partial charge >= 0.3 is 0 Å². The lowest BCUT2D eigenvalue weighted by Gasteiger charge is -1.89. The molecule has 1 aromatic carbocycles. The molecule has 0 heterocycles. The highest BCUT2D eigenvalue weighted by molar-refractivity contribution is 5.13. The minimum Gasteiger partial charge on any atom is -0.0776 e. The van der Waals surface area contributed by atoms with E-state index in [4.69, 9.17) is 1.37 Å². The van der Waals surface area contributed by atoms with E-state index in [1.54, 1.807) is 0 Å². The first-order valence-corrected chi connectivity index (χ1v) is 2.97. The molecule has 0 N–H and O–H groups in total. The molecule has 1 rings (SSSR count). The minimum atomic E-state index is 1.14. The molecule has 0 aromatic heterocycles. The summed E-state index contributed by atoms with van der Waals surface area (Å²) in [6.07, 6.45) is 1.14. The Morgan fingerprint density at radius 3 is 2.22 bits per heavy atom. The van der Waals surface area contributed by atoms with Crippen molar-refractivity contribution in [1.29, 1.82) is 0 Å². The molecular formula is C9H14. The number of aryl methyl sites for hydroxylation is 1. The van der Waals surface area contributed by atoms with Crippen molar-refractivity contribution in [2.75, 3.05) is 0 Å². The fraction of sp³-hybridized carbons (Fsp3) is 0.333. The average molecular weight is 123 g/mol. The van der Waals surface area contributed by atoms with Crippen molar-refractivity contribution in [2.45, 2.75) is 20.7 Å². The van der Waals surface area contributed by atoms with Gasteiger partial charge in [-0.3, -0.25) is 0 Å². The second kappa shape index (κ2) is 4.13. The predicted molar refractivity (Wildman–Crippen MR) is 42.6 cm³/mol. The summed E-state index contributed by atoms with van der Waals surface area (Å²) in [5.74, 6) is 0. The van der Waals surface area contributed by atoms with Crippen molar-refractivity contribution in [2.24, 2.45) is 0 Å². The fourth-order valence-corrected chi connectivity index (χ4v) is 0.714. The molecule has 0 saturated carbocycles. The Hall–Kier alpha value is -0.780. The van der Waals surface area contributed by atoms with E-state index < -0.39 is 0 Å². The monoisotopic (exact) mass is 123 g/mol. The molecule has 0 radical (unpaired) electrons. The van der Waals surface area contributed by atoms with Crippen molar-refractivity contribution in [1.82, 2.24) is 0 Å². The first-order chi connectivity index (χ1) is 4.93. The van der Waals surface area contributed by atoms with E-state index in [1.165, 1.54) is 13.0 Å². The van der Waals surface area contributed by atoms with Crippen LogP contribution in [0.4, 0.5) is 0 Å². The second-order valence-corrected chi connectivity index (χ2v) is 1.84. The lowest BCUT2D eigenvalue weighted by atomic mass is 10.2. The molecule has 0 unspecified atom stereocenters. The molecular weight excluding hydrogens is 108 g/mol. The van der Waals surface area contributed by atoms with Crippen molar-refractivity contribution >= 4 is 0 Å². The van der Waals surface area contributed by atoms with Crippen LogP contribution in [0.5, 0.6) is 0 Å². The van der Waals surface area contributed by atoms with Crippen LogP contribution in [-0.4, -0.2) is 0 Å². The number of hydrogen-bond acceptors (Lipinski definition) is 0. The van der Waals surface area contributed by atoms with Crippen molar-refractivity contribution < 1.29 is 1.37 Å². The number of benzene rings is 1. The third-order valence-corrected chi connectivity index (χ3v) is 1.25. The summed E-state index contributed by atoms with van der Waals surface area (Å²) in [7, 11) is 1.25. The normalized spacial score (nSPS) is 8.89. The molecule has 0 saturated heterocycles. The summed E-state index contributed by atoms with van der Waals surface area (Å²) in [4.78, 5) is 0. The van der Waals surface area contributed by atoms with Crippen molar-refractivity contribution in [3.8, 4) is 0 Å². The molecule has 9 heavy (non-hydrogen) atoms. The van der Waals surface area contributed by atoms with Crippen LogP contribution in [0.15, 0.2) is 30.3 Å². The molecule has 50 valence electrons. The van der Waals surface area contributed by atoms with Gasteiger partial charge in [-0.15, -0.1) is 0 Å². The van der Waals surface area contributed by atoms with Gasteiger partial charge in [0.05, 0.1) is 0 Å². The topological polar surface area (TPSA) is 0 Å². The van der Waals surface area contributed by atoms with Gasteiger partial charge < -0.3 is 0 Å². The molecule has 0 heteroatoms. The molecule has 0 aliphatic heterocycles. The van der Waals surface area contributed by atoms with Gasteiger partial charge in [0.2, 0.25) is 0 Å². The molecule has 0 spiro atoms. The van der Waals surface area contributed by atoms with Gasteiger partial charge in [-0.2, -0.15) is 0 Å². The number of rotatable bonds is 1. The van der Waals surface area contributed by atoms with Crippen LogP contribution in [0.25, 0.3) is 0 Å². The molecule has 0 aliphatic rings. The zero-order valence-electron chi connectivity index (χ0n) is 7.09.